The first-order valence-corrected chi connectivity index (χ1v) is 8.07. The monoisotopic (exact) mass is 339 g/mol. The molecule has 0 unspecified atom stereocenters. The summed E-state index contributed by atoms with van der Waals surface area (Å²) in [5, 5.41) is 14.3. The van der Waals surface area contributed by atoms with Crippen LogP contribution in [0.4, 0.5) is 5.82 Å². The van der Waals surface area contributed by atoms with E-state index in [2.05, 4.69) is 20.6 Å². The van der Waals surface area contributed by atoms with Crippen molar-refractivity contribution in [3.63, 3.8) is 0 Å². The lowest BCUT2D eigenvalue weighted by atomic mass is 10.1. The zero-order valence-electron chi connectivity index (χ0n) is 14.8. The summed E-state index contributed by atoms with van der Waals surface area (Å²) < 4.78 is 7.03. The van der Waals surface area contributed by atoms with E-state index < -0.39 is 0 Å². The Morgan fingerprint density at radius 1 is 1.36 bits per heavy atom. The quantitative estimate of drug-likeness (QED) is 0.748. The predicted octanol–water partition coefficient (Wildman–Crippen LogP) is 2.94. The number of aromatic amines is 1. The van der Waals surface area contributed by atoms with Crippen LogP contribution in [0.1, 0.15) is 28.7 Å². The molecule has 25 heavy (non-hydrogen) atoms. The Hall–Kier alpha value is -3.09. The molecule has 0 bridgehead atoms. The summed E-state index contributed by atoms with van der Waals surface area (Å²) in [6.45, 7) is 3.99. The van der Waals surface area contributed by atoms with Gasteiger partial charge in [0.1, 0.15) is 17.3 Å². The fourth-order valence-electron chi connectivity index (χ4n) is 2.80. The number of aryl methyl sites for hydroxylation is 2. The van der Waals surface area contributed by atoms with Gasteiger partial charge in [-0.25, -0.2) is 0 Å². The van der Waals surface area contributed by atoms with Crippen molar-refractivity contribution in [2.24, 2.45) is 7.05 Å². The highest BCUT2D eigenvalue weighted by molar-refractivity contribution is 6.03. The third-order valence-corrected chi connectivity index (χ3v) is 4.15. The maximum absolute atomic E-state index is 12.6. The first-order valence-electron chi connectivity index (χ1n) is 8.07. The summed E-state index contributed by atoms with van der Waals surface area (Å²) >= 11 is 0. The van der Waals surface area contributed by atoms with Crippen LogP contribution in [-0.2, 0) is 13.5 Å². The molecule has 0 fully saturated rings. The number of ether oxygens (including phenoxy) is 1. The minimum Gasteiger partial charge on any atom is -0.496 e. The fraction of sp³-hybridized carbons (Fsp3) is 0.278. The molecule has 1 aromatic carbocycles. The number of anilines is 1. The minimum absolute atomic E-state index is 0.262. The van der Waals surface area contributed by atoms with Gasteiger partial charge >= 0.3 is 0 Å². The summed E-state index contributed by atoms with van der Waals surface area (Å²) in [5.41, 5.74) is 3.79. The lowest BCUT2D eigenvalue weighted by Crippen LogP contribution is -2.15. The number of amides is 1. The molecule has 3 aromatic rings. The van der Waals surface area contributed by atoms with Crippen LogP contribution in [0.2, 0.25) is 0 Å². The van der Waals surface area contributed by atoms with Crippen molar-refractivity contribution in [2.75, 3.05) is 12.4 Å². The van der Waals surface area contributed by atoms with Crippen molar-refractivity contribution < 1.29 is 9.53 Å². The van der Waals surface area contributed by atoms with Crippen LogP contribution in [0.25, 0.3) is 11.3 Å². The Kier molecular flexibility index (Phi) is 4.56. The highest BCUT2D eigenvalue weighted by Gasteiger charge is 2.17. The molecule has 2 N–H and O–H groups in total. The normalized spacial score (nSPS) is 10.7. The second kappa shape index (κ2) is 6.80. The molecule has 0 saturated heterocycles. The Bertz CT molecular complexity index is 910. The SMILES string of the molecule is CCc1nn(C)c(NC(=O)c2cc(-c3ccccc3OC)n[nH]2)c1C. The fourth-order valence-corrected chi connectivity index (χ4v) is 2.80. The Morgan fingerprint density at radius 3 is 2.80 bits per heavy atom. The number of aromatic nitrogens is 4. The molecule has 0 aliphatic carbocycles. The van der Waals surface area contributed by atoms with Gasteiger partial charge in [0.2, 0.25) is 0 Å². The molecule has 7 nitrogen and oxygen atoms in total. The zero-order valence-corrected chi connectivity index (χ0v) is 14.8. The van der Waals surface area contributed by atoms with Gasteiger partial charge < -0.3 is 10.1 Å². The number of nitrogens with zero attached hydrogens (tertiary/aromatic N) is 3. The molecule has 0 spiro atoms. The van der Waals surface area contributed by atoms with Gasteiger partial charge in [0.15, 0.2) is 0 Å². The van der Waals surface area contributed by atoms with E-state index in [4.69, 9.17) is 4.74 Å². The number of benzene rings is 1. The molecule has 3 rings (SSSR count). The third kappa shape index (κ3) is 3.13. The van der Waals surface area contributed by atoms with Crippen LogP contribution < -0.4 is 10.1 Å². The van der Waals surface area contributed by atoms with Gasteiger partial charge in [-0.2, -0.15) is 10.2 Å². The minimum atomic E-state index is -0.262. The van der Waals surface area contributed by atoms with E-state index in [1.165, 1.54) is 0 Å². The molecule has 7 heteroatoms. The number of rotatable bonds is 5. The standard InChI is InChI=1S/C18H21N5O2/c1-5-13-11(2)17(23(3)22-13)19-18(24)15-10-14(20-21-15)12-8-6-7-9-16(12)25-4/h6-10H,5H2,1-4H3,(H,19,24)(H,20,21). The molecule has 2 aromatic heterocycles. The molecule has 1 amide bonds. The molecule has 130 valence electrons. The van der Waals surface area contributed by atoms with Crippen LogP contribution in [0.15, 0.2) is 30.3 Å². The van der Waals surface area contributed by atoms with Gasteiger partial charge in [-0.15, -0.1) is 0 Å². The van der Waals surface area contributed by atoms with Gasteiger partial charge in [0, 0.05) is 18.2 Å². The van der Waals surface area contributed by atoms with Gasteiger partial charge in [0.05, 0.1) is 18.5 Å². The topological polar surface area (TPSA) is 84.8 Å². The van der Waals surface area contributed by atoms with Crippen LogP contribution >= 0.6 is 0 Å². The first-order chi connectivity index (χ1) is 12.0. The van der Waals surface area contributed by atoms with E-state index in [0.717, 1.165) is 23.2 Å². The maximum atomic E-state index is 12.6. The van der Waals surface area contributed by atoms with Crippen molar-refractivity contribution in [2.45, 2.75) is 20.3 Å². The van der Waals surface area contributed by atoms with E-state index in [9.17, 15) is 4.79 Å². The number of hydrogen-bond acceptors (Lipinski definition) is 4. The van der Waals surface area contributed by atoms with E-state index in [1.807, 2.05) is 45.2 Å². The lowest BCUT2D eigenvalue weighted by molar-refractivity contribution is 0.102. The Labute approximate surface area is 146 Å². The van der Waals surface area contributed by atoms with Crippen molar-refractivity contribution in [1.29, 1.82) is 0 Å². The predicted molar refractivity (Wildman–Crippen MR) is 95.9 cm³/mol. The molecule has 0 radical (unpaired) electrons. The Balaban J connectivity index is 1.85. The first kappa shape index (κ1) is 16.8. The van der Waals surface area contributed by atoms with E-state index in [0.29, 0.717) is 23.0 Å². The van der Waals surface area contributed by atoms with E-state index in [-0.39, 0.29) is 5.91 Å². The molecule has 0 saturated carbocycles. The van der Waals surface area contributed by atoms with Gasteiger partial charge in [-0.3, -0.25) is 14.6 Å². The van der Waals surface area contributed by atoms with Crippen molar-refractivity contribution in [1.82, 2.24) is 20.0 Å². The summed E-state index contributed by atoms with van der Waals surface area (Å²) in [5.74, 6) is 1.13. The number of carbonyl (C=O) groups excluding carboxylic acids is 1. The zero-order chi connectivity index (χ0) is 18.0. The van der Waals surface area contributed by atoms with Crippen LogP contribution in [0.3, 0.4) is 0 Å². The second-order valence-electron chi connectivity index (χ2n) is 5.72. The lowest BCUT2D eigenvalue weighted by Gasteiger charge is -2.05. The largest absolute Gasteiger partial charge is 0.496 e. The highest BCUT2D eigenvalue weighted by Crippen LogP contribution is 2.28. The van der Waals surface area contributed by atoms with E-state index >= 15 is 0 Å². The molecule has 0 atom stereocenters. The van der Waals surface area contributed by atoms with Crippen molar-refractivity contribution >= 4 is 11.7 Å². The van der Waals surface area contributed by atoms with Gasteiger partial charge in [-0.1, -0.05) is 19.1 Å². The van der Waals surface area contributed by atoms with Gasteiger partial charge in [-0.05, 0) is 31.5 Å². The third-order valence-electron chi connectivity index (χ3n) is 4.15. The van der Waals surface area contributed by atoms with Crippen LogP contribution in [0.5, 0.6) is 5.75 Å². The summed E-state index contributed by atoms with van der Waals surface area (Å²) in [4.78, 5) is 12.6. The van der Waals surface area contributed by atoms with Crippen LogP contribution in [0, 0.1) is 6.92 Å². The van der Waals surface area contributed by atoms with Gasteiger partial charge in [0.25, 0.3) is 5.91 Å². The highest BCUT2D eigenvalue weighted by atomic mass is 16.5. The average Bonchev–Trinajstić information content (AvgIpc) is 3.22. The number of carbonyl (C=O) groups is 1. The number of methoxy groups -OCH3 is 1. The number of nitrogens with one attached hydrogen (secondary N) is 2. The molecule has 2 heterocycles. The summed E-state index contributed by atoms with van der Waals surface area (Å²) in [6, 6.07) is 9.25. The van der Waals surface area contributed by atoms with Crippen molar-refractivity contribution in [3.05, 3.63) is 47.3 Å². The van der Waals surface area contributed by atoms with Crippen LogP contribution in [-0.4, -0.2) is 33.0 Å². The Morgan fingerprint density at radius 2 is 2.12 bits per heavy atom. The van der Waals surface area contributed by atoms with Crippen molar-refractivity contribution in [3.8, 4) is 17.0 Å². The average molecular weight is 339 g/mol. The second-order valence-corrected chi connectivity index (χ2v) is 5.72. The summed E-state index contributed by atoms with van der Waals surface area (Å²) in [7, 11) is 3.42. The number of para-hydroxylation sites is 1. The molecular formula is C18H21N5O2. The maximum Gasteiger partial charge on any atom is 0.274 e. The molecular weight excluding hydrogens is 318 g/mol. The number of H-pyrrole nitrogens is 1. The van der Waals surface area contributed by atoms with E-state index in [1.54, 1.807) is 17.9 Å². The summed E-state index contributed by atoms with van der Waals surface area (Å²) in [6.07, 6.45) is 0.817. The number of hydrogen-bond donors (Lipinski definition) is 2. The molecule has 0 aliphatic rings. The smallest absolute Gasteiger partial charge is 0.274 e. The molecule has 0 aliphatic heterocycles.